The van der Waals surface area contributed by atoms with Crippen molar-refractivity contribution in [1.82, 2.24) is 0 Å². The van der Waals surface area contributed by atoms with Gasteiger partial charge in [-0.05, 0) is 18.4 Å². The largest absolute Gasteiger partial charge is 0.390 e. The van der Waals surface area contributed by atoms with E-state index in [0.29, 0.717) is 6.61 Å². The van der Waals surface area contributed by atoms with Gasteiger partial charge in [-0.15, -0.1) is 6.58 Å². The van der Waals surface area contributed by atoms with E-state index in [1.807, 2.05) is 18.2 Å². The van der Waals surface area contributed by atoms with Crippen LogP contribution in [0.5, 0.6) is 0 Å². The van der Waals surface area contributed by atoms with E-state index in [1.54, 1.807) is 0 Å². The molecular formula is C15H20O3. The van der Waals surface area contributed by atoms with Crippen molar-refractivity contribution < 1.29 is 14.9 Å². The van der Waals surface area contributed by atoms with Gasteiger partial charge in [-0.3, -0.25) is 0 Å². The van der Waals surface area contributed by atoms with E-state index in [4.69, 9.17) is 4.74 Å². The molecule has 0 saturated carbocycles. The van der Waals surface area contributed by atoms with Gasteiger partial charge < -0.3 is 14.9 Å². The van der Waals surface area contributed by atoms with Gasteiger partial charge in [0.05, 0.1) is 18.8 Å². The summed E-state index contributed by atoms with van der Waals surface area (Å²) in [5.74, 6) is -0.213. The van der Waals surface area contributed by atoms with E-state index in [0.717, 1.165) is 12.8 Å². The number of ether oxygens (including phenoxy) is 1. The quantitative estimate of drug-likeness (QED) is 0.568. The van der Waals surface area contributed by atoms with Crippen LogP contribution in [0.15, 0.2) is 43.0 Å². The van der Waals surface area contributed by atoms with Crippen LogP contribution in [0.1, 0.15) is 12.0 Å². The molecule has 2 N–H and O–H groups in total. The summed E-state index contributed by atoms with van der Waals surface area (Å²) in [6.07, 6.45) is 1.63. The molecule has 0 spiro atoms. The normalized spacial score (nSPS) is 23.1. The zero-order chi connectivity index (χ0) is 13.0. The predicted molar refractivity (Wildman–Crippen MR) is 70.2 cm³/mol. The van der Waals surface area contributed by atoms with E-state index < -0.39 is 12.2 Å². The van der Waals surface area contributed by atoms with Gasteiger partial charge >= 0.3 is 0 Å². The zero-order valence-electron chi connectivity index (χ0n) is 10.4. The van der Waals surface area contributed by atoms with Crippen LogP contribution in [0.3, 0.4) is 0 Å². The van der Waals surface area contributed by atoms with E-state index in [-0.39, 0.29) is 12.0 Å². The summed E-state index contributed by atoms with van der Waals surface area (Å²) in [5.41, 5.74) is 1.21. The molecule has 0 bridgehead atoms. The Hall–Kier alpha value is -1.16. The first-order chi connectivity index (χ1) is 8.72. The van der Waals surface area contributed by atoms with Crippen LogP contribution in [-0.4, -0.2) is 35.1 Å². The van der Waals surface area contributed by atoms with Crippen LogP contribution >= 0.6 is 0 Å². The van der Waals surface area contributed by atoms with Crippen molar-refractivity contribution in [1.29, 1.82) is 0 Å². The number of benzene rings is 1. The Labute approximate surface area is 108 Å². The number of rotatable bonds is 7. The summed E-state index contributed by atoms with van der Waals surface area (Å²) in [6.45, 7) is 4.19. The minimum atomic E-state index is -0.687. The van der Waals surface area contributed by atoms with Crippen molar-refractivity contribution >= 4 is 0 Å². The van der Waals surface area contributed by atoms with Crippen molar-refractivity contribution in [3.8, 4) is 0 Å². The monoisotopic (exact) mass is 248 g/mol. The van der Waals surface area contributed by atoms with Crippen molar-refractivity contribution in [2.24, 2.45) is 5.92 Å². The maximum Gasteiger partial charge on any atom is 0.107 e. The molecule has 0 unspecified atom stereocenters. The van der Waals surface area contributed by atoms with Crippen LogP contribution in [0.25, 0.3) is 0 Å². The predicted octanol–water partition coefficient (Wildman–Crippen LogP) is 1.54. The average molecular weight is 248 g/mol. The van der Waals surface area contributed by atoms with Crippen molar-refractivity contribution in [2.75, 3.05) is 6.61 Å². The lowest BCUT2D eigenvalue weighted by Crippen LogP contribution is -2.34. The van der Waals surface area contributed by atoms with E-state index in [2.05, 4.69) is 18.7 Å². The summed E-state index contributed by atoms with van der Waals surface area (Å²) in [7, 11) is 0. The number of aliphatic hydroxyl groups is 2. The third kappa shape index (κ3) is 3.42. The molecule has 98 valence electrons. The highest BCUT2D eigenvalue weighted by atomic mass is 16.6. The van der Waals surface area contributed by atoms with Crippen LogP contribution in [0, 0.1) is 5.92 Å². The first kappa shape index (κ1) is 13.3. The first-order valence-corrected chi connectivity index (χ1v) is 6.36. The van der Waals surface area contributed by atoms with Gasteiger partial charge in [-0.1, -0.05) is 36.4 Å². The molecule has 0 aromatic heterocycles. The van der Waals surface area contributed by atoms with Gasteiger partial charge in [0.25, 0.3) is 0 Å². The van der Waals surface area contributed by atoms with Crippen molar-refractivity contribution in [2.45, 2.75) is 31.2 Å². The highest BCUT2D eigenvalue weighted by Gasteiger charge is 2.38. The second kappa shape index (κ2) is 6.14. The molecule has 1 aromatic carbocycles. The Kier molecular flexibility index (Phi) is 4.53. The Morgan fingerprint density at radius 2 is 2.00 bits per heavy atom. The van der Waals surface area contributed by atoms with Gasteiger partial charge in [0.2, 0.25) is 0 Å². The highest BCUT2D eigenvalue weighted by Crippen LogP contribution is 2.26. The number of hydrogen-bond donors (Lipinski definition) is 2. The summed E-state index contributed by atoms with van der Waals surface area (Å²) in [6, 6.07) is 10.1. The Morgan fingerprint density at radius 3 is 2.56 bits per heavy atom. The maximum atomic E-state index is 10.1. The number of aryl methyl sites for hydroxylation is 1. The lowest BCUT2D eigenvalue weighted by Gasteiger charge is -2.24. The number of aliphatic hydroxyl groups excluding tert-OH is 2. The zero-order valence-corrected chi connectivity index (χ0v) is 10.4. The molecule has 1 aromatic rings. The number of hydrogen-bond acceptors (Lipinski definition) is 3. The summed E-state index contributed by atoms with van der Waals surface area (Å²) >= 11 is 0. The molecule has 3 heteroatoms. The Bertz CT molecular complexity index is 373. The lowest BCUT2D eigenvalue weighted by atomic mass is 9.88. The maximum absolute atomic E-state index is 10.1. The molecule has 1 fully saturated rings. The molecule has 0 aliphatic carbocycles. The molecule has 1 heterocycles. The molecule has 0 radical (unpaired) electrons. The van der Waals surface area contributed by atoms with Gasteiger partial charge in [0, 0.05) is 5.92 Å². The fourth-order valence-corrected chi connectivity index (χ4v) is 2.22. The summed E-state index contributed by atoms with van der Waals surface area (Å²) < 4.78 is 5.10. The second-order valence-corrected chi connectivity index (χ2v) is 4.78. The van der Waals surface area contributed by atoms with Crippen LogP contribution in [-0.2, 0) is 11.2 Å². The molecule has 4 atom stereocenters. The van der Waals surface area contributed by atoms with Gasteiger partial charge in [0.1, 0.15) is 6.10 Å². The minimum Gasteiger partial charge on any atom is -0.390 e. The molecule has 18 heavy (non-hydrogen) atoms. The number of epoxide rings is 1. The minimum absolute atomic E-state index is 0.111. The lowest BCUT2D eigenvalue weighted by molar-refractivity contribution is 0.0142. The van der Waals surface area contributed by atoms with Crippen LogP contribution in [0.2, 0.25) is 0 Å². The third-order valence-electron chi connectivity index (χ3n) is 3.47. The smallest absolute Gasteiger partial charge is 0.107 e. The molecule has 0 amide bonds. The summed E-state index contributed by atoms with van der Waals surface area (Å²) in [4.78, 5) is 0. The van der Waals surface area contributed by atoms with Crippen molar-refractivity contribution in [3.05, 3.63) is 48.6 Å². The topological polar surface area (TPSA) is 53.0 Å². The fourth-order valence-electron chi connectivity index (χ4n) is 2.22. The van der Waals surface area contributed by atoms with E-state index in [9.17, 15) is 10.2 Å². The third-order valence-corrected chi connectivity index (χ3v) is 3.47. The standard InChI is InChI=1S/C15H20O3/c1-2-13(16)12(15(17)14-10-18-14)9-8-11-6-4-3-5-7-11/h2-7,12-17H,1,8-10H2/t12-,13+,14+,15+/m0/s1. The molecule has 1 saturated heterocycles. The van der Waals surface area contributed by atoms with Gasteiger partial charge in [0.15, 0.2) is 0 Å². The Morgan fingerprint density at radius 1 is 1.33 bits per heavy atom. The molecule has 1 aliphatic rings. The van der Waals surface area contributed by atoms with E-state index in [1.165, 1.54) is 11.6 Å². The molecule has 3 nitrogen and oxygen atoms in total. The molecule has 1 aliphatic heterocycles. The highest BCUT2D eigenvalue weighted by molar-refractivity contribution is 5.15. The first-order valence-electron chi connectivity index (χ1n) is 6.36. The van der Waals surface area contributed by atoms with Gasteiger partial charge in [-0.2, -0.15) is 0 Å². The molecular weight excluding hydrogens is 228 g/mol. The average Bonchev–Trinajstić information content (AvgIpc) is 3.24. The van der Waals surface area contributed by atoms with Crippen molar-refractivity contribution in [3.63, 3.8) is 0 Å². The summed E-state index contributed by atoms with van der Waals surface area (Å²) in [5, 5.41) is 20.0. The van der Waals surface area contributed by atoms with E-state index >= 15 is 0 Å². The fraction of sp³-hybridized carbons (Fsp3) is 0.467. The molecule has 2 rings (SSSR count). The Balaban J connectivity index is 1.94. The van der Waals surface area contributed by atoms with Crippen LogP contribution < -0.4 is 0 Å². The van der Waals surface area contributed by atoms with Gasteiger partial charge in [-0.25, -0.2) is 0 Å². The van der Waals surface area contributed by atoms with Crippen LogP contribution in [0.4, 0.5) is 0 Å². The second-order valence-electron chi connectivity index (χ2n) is 4.78. The SMILES string of the molecule is C=C[C@@H](O)[C@H](CCc1ccccc1)[C@@H](O)[C@H]1CO1.